The maximum Gasteiger partial charge on any atom is 0.335 e. The van der Waals surface area contributed by atoms with E-state index in [0.29, 0.717) is 27.8 Å². The molecular formula is C29H25ClN2O4. The van der Waals surface area contributed by atoms with Crippen molar-refractivity contribution in [2.24, 2.45) is 4.99 Å². The molecule has 0 saturated heterocycles. The minimum absolute atomic E-state index is 0.0997. The lowest BCUT2D eigenvalue weighted by atomic mass is 9.99. The van der Waals surface area contributed by atoms with Gasteiger partial charge in [-0.1, -0.05) is 41.9 Å². The molecule has 0 atom stereocenters. The molecule has 36 heavy (non-hydrogen) atoms. The van der Waals surface area contributed by atoms with Gasteiger partial charge in [-0.25, -0.2) is 4.79 Å². The third-order valence-corrected chi connectivity index (χ3v) is 5.75. The van der Waals surface area contributed by atoms with E-state index in [4.69, 9.17) is 21.1 Å². The Morgan fingerprint density at radius 2 is 1.44 bits per heavy atom. The molecule has 1 N–H and O–H groups in total. The Balaban J connectivity index is 1.70. The third kappa shape index (κ3) is 6.10. The summed E-state index contributed by atoms with van der Waals surface area (Å²) in [4.78, 5) is 18.5. The molecule has 0 saturated carbocycles. The predicted molar refractivity (Wildman–Crippen MR) is 143 cm³/mol. The molecule has 0 amide bonds. The highest BCUT2D eigenvalue weighted by molar-refractivity contribution is 6.30. The summed E-state index contributed by atoms with van der Waals surface area (Å²) >= 11 is 6.02. The Morgan fingerprint density at radius 1 is 0.833 bits per heavy atom. The molecule has 0 bridgehead atoms. The SMILES string of the molecule is COCN=C(c1ccc(N(C)c2ccc(Cl)cc2)cc1)c1cc(Oc2ccccc2)cc(C(=O)O)c1. The molecule has 0 heterocycles. The summed E-state index contributed by atoms with van der Waals surface area (Å²) in [6, 6.07) is 29.5. The first kappa shape index (κ1) is 25.0. The number of nitrogens with zero attached hydrogens (tertiary/aromatic N) is 2. The second-order valence-electron chi connectivity index (χ2n) is 7.97. The summed E-state index contributed by atoms with van der Waals surface area (Å²) in [5.41, 5.74) is 4.09. The Morgan fingerprint density at radius 3 is 2.06 bits per heavy atom. The van der Waals surface area contributed by atoms with Crippen molar-refractivity contribution in [1.82, 2.24) is 0 Å². The van der Waals surface area contributed by atoms with Crippen molar-refractivity contribution >= 4 is 34.7 Å². The highest BCUT2D eigenvalue weighted by Gasteiger charge is 2.15. The van der Waals surface area contributed by atoms with Crippen molar-refractivity contribution in [2.45, 2.75) is 0 Å². The summed E-state index contributed by atoms with van der Waals surface area (Å²) in [7, 11) is 3.53. The fourth-order valence-corrected chi connectivity index (χ4v) is 3.80. The molecular weight excluding hydrogens is 476 g/mol. The van der Waals surface area contributed by atoms with Gasteiger partial charge in [0.2, 0.25) is 0 Å². The molecule has 4 rings (SSSR count). The smallest absolute Gasteiger partial charge is 0.335 e. The van der Waals surface area contributed by atoms with Gasteiger partial charge >= 0.3 is 5.97 Å². The van der Waals surface area contributed by atoms with Gasteiger partial charge in [-0.15, -0.1) is 0 Å². The number of hydrogen-bond acceptors (Lipinski definition) is 5. The number of aliphatic imine (C=N–C) groups is 1. The highest BCUT2D eigenvalue weighted by Crippen LogP contribution is 2.28. The number of aromatic carboxylic acids is 1. The molecule has 6 nitrogen and oxygen atoms in total. The number of benzene rings is 4. The fourth-order valence-electron chi connectivity index (χ4n) is 3.68. The average molecular weight is 501 g/mol. The molecule has 0 fully saturated rings. The first-order valence-corrected chi connectivity index (χ1v) is 11.6. The van der Waals surface area contributed by atoms with E-state index in [1.165, 1.54) is 6.07 Å². The lowest BCUT2D eigenvalue weighted by Gasteiger charge is -2.20. The van der Waals surface area contributed by atoms with E-state index in [1.54, 1.807) is 19.2 Å². The number of ether oxygens (including phenoxy) is 2. The Kier molecular flexibility index (Phi) is 8.00. The quantitative estimate of drug-likeness (QED) is 0.249. The van der Waals surface area contributed by atoms with Crippen molar-refractivity contribution in [1.29, 1.82) is 0 Å². The second kappa shape index (κ2) is 11.5. The van der Waals surface area contributed by atoms with Crippen LogP contribution in [-0.4, -0.2) is 37.7 Å². The van der Waals surface area contributed by atoms with E-state index in [2.05, 4.69) is 4.99 Å². The normalized spacial score (nSPS) is 11.2. The van der Waals surface area contributed by atoms with Crippen LogP contribution in [0.25, 0.3) is 0 Å². The second-order valence-corrected chi connectivity index (χ2v) is 8.41. The molecule has 4 aromatic carbocycles. The number of rotatable bonds is 9. The molecule has 0 radical (unpaired) electrons. The van der Waals surface area contributed by atoms with E-state index in [0.717, 1.165) is 16.9 Å². The number of carbonyl (C=O) groups is 1. The molecule has 0 aliphatic rings. The average Bonchev–Trinajstić information content (AvgIpc) is 2.90. The number of carboxylic acid groups (broad SMARTS) is 1. The van der Waals surface area contributed by atoms with Crippen LogP contribution in [0.15, 0.2) is 102 Å². The van der Waals surface area contributed by atoms with Gasteiger partial charge in [0, 0.05) is 41.7 Å². The van der Waals surface area contributed by atoms with E-state index >= 15 is 0 Å². The van der Waals surface area contributed by atoms with Crippen LogP contribution in [0, 0.1) is 0 Å². The molecule has 0 aliphatic carbocycles. The Labute approximate surface area is 215 Å². The lowest BCUT2D eigenvalue weighted by molar-refractivity contribution is 0.0696. The maximum atomic E-state index is 11.9. The van der Waals surface area contributed by atoms with Crippen molar-refractivity contribution in [2.75, 3.05) is 25.8 Å². The molecule has 0 spiro atoms. The van der Waals surface area contributed by atoms with Crippen molar-refractivity contribution < 1.29 is 19.4 Å². The van der Waals surface area contributed by atoms with Crippen LogP contribution in [0.1, 0.15) is 21.5 Å². The van der Waals surface area contributed by atoms with Crippen molar-refractivity contribution in [3.8, 4) is 11.5 Å². The van der Waals surface area contributed by atoms with Crippen LogP contribution in [0.5, 0.6) is 11.5 Å². The van der Waals surface area contributed by atoms with Crippen LogP contribution < -0.4 is 9.64 Å². The number of para-hydroxylation sites is 1. The highest BCUT2D eigenvalue weighted by atomic mass is 35.5. The third-order valence-electron chi connectivity index (χ3n) is 5.50. The molecule has 7 heteroatoms. The van der Waals surface area contributed by atoms with Crippen LogP contribution in [0.2, 0.25) is 5.02 Å². The zero-order valence-electron chi connectivity index (χ0n) is 19.9. The number of hydrogen-bond donors (Lipinski definition) is 1. The van der Waals surface area contributed by atoms with Gasteiger partial charge in [-0.2, -0.15) is 0 Å². The monoisotopic (exact) mass is 500 g/mol. The van der Waals surface area contributed by atoms with Crippen molar-refractivity contribution in [3.05, 3.63) is 119 Å². The van der Waals surface area contributed by atoms with E-state index in [1.807, 2.05) is 90.8 Å². The van der Waals surface area contributed by atoms with Crippen LogP contribution in [0.4, 0.5) is 11.4 Å². The summed E-state index contributed by atoms with van der Waals surface area (Å²) in [5.74, 6) is -0.0444. The van der Waals surface area contributed by atoms with Gasteiger partial charge in [-0.05, 0) is 66.7 Å². The molecule has 0 aromatic heterocycles. The molecule has 0 unspecified atom stereocenters. The summed E-state index contributed by atoms with van der Waals surface area (Å²) in [6.07, 6.45) is 0. The van der Waals surface area contributed by atoms with Gasteiger partial charge < -0.3 is 19.5 Å². The Bertz CT molecular complexity index is 1350. The first-order valence-electron chi connectivity index (χ1n) is 11.2. The van der Waals surface area contributed by atoms with E-state index in [9.17, 15) is 9.90 Å². The number of carboxylic acids is 1. The summed E-state index contributed by atoms with van der Waals surface area (Å²) in [6.45, 7) is 0.119. The minimum atomic E-state index is -1.05. The Hall–Kier alpha value is -4.13. The summed E-state index contributed by atoms with van der Waals surface area (Å²) in [5, 5.41) is 10.4. The maximum absolute atomic E-state index is 11.9. The number of halogens is 1. The van der Waals surface area contributed by atoms with Gasteiger partial charge in [-0.3, -0.25) is 4.99 Å². The molecule has 0 aliphatic heterocycles. The lowest BCUT2D eigenvalue weighted by Crippen LogP contribution is -2.11. The predicted octanol–water partition coefficient (Wildman–Crippen LogP) is 7.04. The van der Waals surface area contributed by atoms with Gasteiger partial charge in [0.05, 0.1) is 11.3 Å². The van der Waals surface area contributed by atoms with E-state index < -0.39 is 5.97 Å². The zero-order valence-corrected chi connectivity index (χ0v) is 20.6. The summed E-state index contributed by atoms with van der Waals surface area (Å²) < 4.78 is 11.1. The van der Waals surface area contributed by atoms with Crippen LogP contribution in [0.3, 0.4) is 0 Å². The van der Waals surface area contributed by atoms with Gasteiger partial charge in [0.25, 0.3) is 0 Å². The van der Waals surface area contributed by atoms with Crippen LogP contribution in [-0.2, 0) is 4.74 Å². The van der Waals surface area contributed by atoms with E-state index in [-0.39, 0.29) is 12.3 Å². The van der Waals surface area contributed by atoms with Crippen LogP contribution >= 0.6 is 11.6 Å². The topological polar surface area (TPSA) is 71.4 Å². The number of anilines is 2. The largest absolute Gasteiger partial charge is 0.478 e. The molecule has 182 valence electrons. The zero-order chi connectivity index (χ0) is 25.5. The fraction of sp³-hybridized carbons (Fsp3) is 0.103. The van der Waals surface area contributed by atoms with Gasteiger partial charge in [0.1, 0.15) is 18.2 Å². The van der Waals surface area contributed by atoms with Crippen molar-refractivity contribution in [3.63, 3.8) is 0 Å². The minimum Gasteiger partial charge on any atom is -0.478 e. The first-order chi connectivity index (χ1) is 17.4. The number of methoxy groups -OCH3 is 1. The standard InChI is InChI=1S/C29H25ClN2O4/c1-32(25-14-10-23(30)11-15-25)24-12-8-20(9-13-24)28(31-19-35-2)21-16-22(29(33)34)18-27(17-21)36-26-6-4-3-5-7-26/h3-18H,19H2,1-2H3,(H,33,34). The van der Waals surface area contributed by atoms with Gasteiger partial charge in [0.15, 0.2) is 0 Å². The molecule has 4 aromatic rings.